The molecule has 0 aromatic rings. The van der Waals surface area contributed by atoms with E-state index in [2.05, 4.69) is 11.9 Å². The summed E-state index contributed by atoms with van der Waals surface area (Å²) in [6.45, 7) is 2.14. The van der Waals surface area contributed by atoms with Crippen LogP contribution in [0.15, 0.2) is 4.99 Å². The van der Waals surface area contributed by atoms with Gasteiger partial charge in [0.2, 0.25) is 0 Å². The van der Waals surface area contributed by atoms with E-state index in [9.17, 15) is 0 Å². The molecule has 3 nitrogen and oxygen atoms in total. The lowest BCUT2D eigenvalue weighted by molar-refractivity contribution is 0.102. The van der Waals surface area contributed by atoms with Crippen LogP contribution >= 0.6 is 0 Å². The van der Waals surface area contributed by atoms with Gasteiger partial charge < -0.3 is 10.5 Å². The van der Waals surface area contributed by atoms with Gasteiger partial charge in [-0.1, -0.05) is 6.42 Å². The first kappa shape index (κ1) is 6.95. The number of aliphatic imine (C=N–C) groups is 1. The summed E-state index contributed by atoms with van der Waals surface area (Å²) in [7, 11) is 0. The van der Waals surface area contributed by atoms with Crippen molar-refractivity contribution in [3.8, 4) is 0 Å². The van der Waals surface area contributed by atoms with E-state index in [1.54, 1.807) is 0 Å². The average molecular weight is 154 g/mol. The molecule has 11 heavy (non-hydrogen) atoms. The molecule has 2 atom stereocenters. The molecule has 1 saturated carbocycles. The highest BCUT2D eigenvalue weighted by Gasteiger charge is 2.42. The summed E-state index contributed by atoms with van der Waals surface area (Å²) in [5.41, 5.74) is 5.51. The number of hydrogen-bond acceptors (Lipinski definition) is 3. The summed E-state index contributed by atoms with van der Waals surface area (Å²) in [6, 6.07) is 0.388. The van der Waals surface area contributed by atoms with Crippen molar-refractivity contribution in [2.75, 3.05) is 0 Å². The minimum atomic E-state index is 0.00231. The number of nitrogens with zero attached hydrogens (tertiary/aromatic N) is 1. The topological polar surface area (TPSA) is 47.6 Å². The van der Waals surface area contributed by atoms with Gasteiger partial charge in [0.05, 0.1) is 0 Å². The van der Waals surface area contributed by atoms with Crippen LogP contribution in [-0.2, 0) is 4.74 Å². The molecule has 3 heteroatoms. The normalized spacial score (nSPS) is 42.6. The van der Waals surface area contributed by atoms with Gasteiger partial charge in [-0.3, -0.25) is 0 Å². The molecule has 2 unspecified atom stereocenters. The maximum absolute atomic E-state index is 5.51. The third-order valence-electron chi connectivity index (χ3n) is 2.72. The number of hydrogen-bond donors (Lipinski definition) is 1. The lowest BCUT2D eigenvalue weighted by atomic mass is 9.82. The van der Waals surface area contributed by atoms with Crippen LogP contribution in [0.3, 0.4) is 0 Å². The SMILES string of the molecule is CC12CCCCC1OC(N)=N2. The number of fused-ring (bicyclic) bond motifs is 1. The Kier molecular flexibility index (Phi) is 1.34. The van der Waals surface area contributed by atoms with Crippen LogP contribution in [0.2, 0.25) is 0 Å². The average Bonchev–Trinajstić information content (AvgIpc) is 2.22. The van der Waals surface area contributed by atoms with Gasteiger partial charge in [0.1, 0.15) is 11.6 Å². The summed E-state index contributed by atoms with van der Waals surface area (Å²) in [6.07, 6.45) is 5.01. The Morgan fingerprint density at radius 1 is 1.64 bits per heavy atom. The first-order valence-electron chi connectivity index (χ1n) is 4.23. The van der Waals surface area contributed by atoms with Crippen LogP contribution < -0.4 is 5.73 Å². The van der Waals surface area contributed by atoms with Crippen molar-refractivity contribution in [2.45, 2.75) is 44.2 Å². The molecule has 62 valence electrons. The smallest absolute Gasteiger partial charge is 0.282 e. The largest absolute Gasteiger partial charge is 0.460 e. The number of nitrogens with two attached hydrogens (primary N) is 1. The van der Waals surface area contributed by atoms with E-state index in [4.69, 9.17) is 10.5 Å². The number of amidine groups is 1. The second kappa shape index (κ2) is 2.13. The van der Waals surface area contributed by atoms with Crippen molar-refractivity contribution in [3.63, 3.8) is 0 Å². The summed E-state index contributed by atoms with van der Waals surface area (Å²) < 4.78 is 5.40. The van der Waals surface area contributed by atoms with Crippen LogP contribution in [-0.4, -0.2) is 17.7 Å². The lowest BCUT2D eigenvalue weighted by Gasteiger charge is -2.31. The third-order valence-corrected chi connectivity index (χ3v) is 2.72. The van der Waals surface area contributed by atoms with E-state index in [0.717, 1.165) is 12.8 Å². The highest BCUT2D eigenvalue weighted by molar-refractivity contribution is 5.74. The fourth-order valence-electron chi connectivity index (χ4n) is 2.02. The van der Waals surface area contributed by atoms with Gasteiger partial charge in [-0.05, 0) is 26.2 Å². The van der Waals surface area contributed by atoms with Crippen molar-refractivity contribution < 1.29 is 4.74 Å². The zero-order valence-electron chi connectivity index (χ0n) is 6.84. The molecule has 1 heterocycles. The van der Waals surface area contributed by atoms with E-state index >= 15 is 0 Å². The Balaban J connectivity index is 2.20. The van der Waals surface area contributed by atoms with Gasteiger partial charge in [-0.2, -0.15) is 0 Å². The van der Waals surface area contributed by atoms with E-state index in [0.29, 0.717) is 6.02 Å². The van der Waals surface area contributed by atoms with Gasteiger partial charge in [-0.25, -0.2) is 4.99 Å². The molecular formula is C8H14N2O. The molecule has 0 amide bonds. The van der Waals surface area contributed by atoms with Gasteiger partial charge in [0.25, 0.3) is 6.02 Å². The van der Waals surface area contributed by atoms with Crippen molar-refractivity contribution in [2.24, 2.45) is 10.7 Å². The molecule has 2 aliphatic rings. The first-order chi connectivity index (χ1) is 5.21. The van der Waals surface area contributed by atoms with E-state index in [1.807, 2.05) is 0 Å². The monoisotopic (exact) mass is 154 g/mol. The molecule has 0 saturated heterocycles. The fraction of sp³-hybridized carbons (Fsp3) is 0.875. The van der Waals surface area contributed by atoms with Crippen LogP contribution in [0.1, 0.15) is 32.6 Å². The van der Waals surface area contributed by atoms with Gasteiger partial charge in [-0.15, -0.1) is 0 Å². The van der Waals surface area contributed by atoms with Crippen LogP contribution in [0, 0.1) is 0 Å². The molecule has 0 aromatic carbocycles. The van der Waals surface area contributed by atoms with Crippen LogP contribution in [0.25, 0.3) is 0 Å². The molecule has 0 radical (unpaired) electrons. The first-order valence-corrected chi connectivity index (χ1v) is 4.23. The zero-order chi connectivity index (χ0) is 7.90. The van der Waals surface area contributed by atoms with Crippen molar-refractivity contribution in [1.29, 1.82) is 0 Å². The predicted octanol–water partition coefficient (Wildman–Crippen LogP) is 1.03. The van der Waals surface area contributed by atoms with Crippen LogP contribution in [0.5, 0.6) is 0 Å². The zero-order valence-corrected chi connectivity index (χ0v) is 6.84. The molecule has 2 rings (SSSR count). The molecule has 0 aromatic heterocycles. The number of ether oxygens (including phenoxy) is 1. The summed E-state index contributed by atoms with van der Waals surface area (Å²) >= 11 is 0. The Labute approximate surface area is 66.6 Å². The molecule has 0 spiro atoms. The summed E-state index contributed by atoms with van der Waals surface area (Å²) in [4.78, 5) is 4.31. The van der Waals surface area contributed by atoms with Crippen molar-refractivity contribution in [1.82, 2.24) is 0 Å². The maximum Gasteiger partial charge on any atom is 0.282 e. The van der Waals surface area contributed by atoms with E-state index in [1.165, 1.54) is 12.8 Å². The lowest BCUT2D eigenvalue weighted by Crippen LogP contribution is -2.37. The Morgan fingerprint density at radius 3 is 3.18 bits per heavy atom. The molecule has 0 bridgehead atoms. The fourth-order valence-corrected chi connectivity index (χ4v) is 2.02. The van der Waals surface area contributed by atoms with Gasteiger partial charge in [0.15, 0.2) is 0 Å². The Bertz CT molecular complexity index is 202. The quantitative estimate of drug-likeness (QED) is 0.566. The third kappa shape index (κ3) is 0.988. The molecule has 2 N–H and O–H groups in total. The van der Waals surface area contributed by atoms with Crippen LogP contribution in [0.4, 0.5) is 0 Å². The predicted molar refractivity (Wildman–Crippen MR) is 43.4 cm³/mol. The summed E-state index contributed by atoms with van der Waals surface area (Å²) in [5, 5.41) is 0. The second-order valence-corrected chi connectivity index (χ2v) is 3.66. The second-order valence-electron chi connectivity index (χ2n) is 3.66. The van der Waals surface area contributed by atoms with Gasteiger partial charge >= 0.3 is 0 Å². The molecule has 1 fully saturated rings. The summed E-state index contributed by atoms with van der Waals surface area (Å²) in [5.74, 6) is 0. The van der Waals surface area contributed by atoms with Crippen molar-refractivity contribution in [3.05, 3.63) is 0 Å². The maximum atomic E-state index is 5.51. The van der Waals surface area contributed by atoms with Crippen molar-refractivity contribution >= 4 is 6.02 Å². The Hall–Kier alpha value is -0.730. The Morgan fingerprint density at radius 2 is 2.45 bits per heavy atom. The molecule has 1 aliphatic carbocycles. The van der Waals surface area contributed by atoms with E-state index in [-0.39, 0.29) is 11.6 Å². The molecule has 1 aliphatic heterocycles. The molecular weight excluding hydrogens is 140 g/mol. The highest BCUT2D eigenvalue weighted by Crippen LogP contribution is 2.36. The minimum Gasteiger partial charge on any atom is -0.460 e. The highest BCUT2D eigenvalue weighted by atomic mass is 16.5. The number of rotatable bonds is 0. The van der Waals surface area contributed by atoms with Gasteiger partial charge in [0, 0.05) is 0 Å². The standard InChI is InChI=1S/C8H14N2O/c1-8-5-3-2-4-6(8)11-7(9)10-8/h6H,2-5H2,1H3,(H2,9,10). The minimum absolute atomic E-state index is 0.00231. The van der Waals surface area contributed by atoms with E-state index < -0.39 is 0 Å².